The van der Waals surface area contributed by atoms with E-state index in [0.29, 0.717) is 6.04 Å². The third kappa shape index (κ3) is 4.05. The molecule has 0 saturated heterocycles. The van der Waals surface area contributed by atoms with Gasteiger partial charge >= 0.3 is 0 Å². The molecule has 0 aliphatic rings. The van der Waals surface area contributed by atoms with Crippen molar-refractivity contribution in [3.63, 3.8) is 0 Å². The smallest absolute Gasteiger partial charge is 0.00136 e. The maximum atomic E-state index is 5.76. The van der Waals surface area contributed by atoms with Crippen LogP contribution < -0.4 is 5.73 Å². The minimum Gasteiger partial charge on any atom is -0.328 e. The monoisotopic (exact) mass is 205 g/mol. The second kappa shape index (κ2) is 4.80. The van der Waals surface area contributed by atoms with Crippen molar-refractivity contribution >= 4 is 0 Å². The van der Waals surface area contributed by atoms with E-state index in [1.165, 1.54) is 11.1 Å². The Balaban J connectivity index is 2.75. The standard InChI is InChI=1S/C14H23N/c1-11(15)8-9-12-6-5-7-13(10-12)14(2,3)4/h5-7,10-11H,8-9,15H2,1-4H3/t11-/m1/s1. The molecule has 0 spiro atoms. The van der Waals surface area contributed by atoms with Crippen molar-refractivity contribution in [2.24, 2.45) is 5.73 Å². The van der Waals surface area contributed by atoms with Crippen LogP contribution in [0.4, 0.5) is 0 Å². The van der Waals surface area contributed by atoms with Gasteiger partial charge in [0.1, 0.15) is 0 Å². The summed E-state index contributed by atoms with van der Waals surface area (Å²) < 4.78 is 0. The van der Waals surface area contributed by atoms with Crippen molar-refractivity contribution in [1.82, 2.24) is 0 Å². The minimum absolute atomic E-state index is 0.240. The van der Waals surface area contributed by atoms with Crippen molar-refractivity contribution in [3.05, 3.63) is 35.4 Å². The summed E-state index contributed by atoms with van der Waals surface area (Å²) in [6.07, 6.45) is 2.15. The zero-order valence-corrected chi connectivity index (χ0v) is 10.4. The molecule has 0 bridgehead atoms. The third-order valence-electron chi connectivity index (χ3n) is 2.68. The van der Waals surface area contributed by atoms with Gasteiger partial charge in [-0.15, -0.1) is 0 Å². The van der Waals surface area contributed by atoms with E-state index in [9.17, 15) is 0 Å². The van der Waals surface area contributed by atoms with E-state index in [2.05, 4.69) is 52.0 Å². The second-order valence-electron chi connectivity index (χ2n) is 5.47. The first kappa shape index (κ1) is 12.3. The summed E-state index contributed by atoms with van der Waals surface area (Å²) in [5.41, 5.74) is 8.81. The molecule has 0 aliphatic heterocycles. The molecule has 1 atom stereocenters. The molecule has 0 radical (unpaired) electrons. The normalized spacial score (nSPS) is 13.9. The fourth-order valence-electron chi connectivity index (χ4n) is 1.59. The summed E-state index contributed by atoms with van der Waals surface area (Å²) in [5.74, 6) is 0. The molecular weight excluding hydrogens is 182 g/mol. The lowest BCUT2D eigenvalue weighted by Crippen LogP contribution is -2.16. The summed E-state index contributed by atoms with van der Waals surface area (Å²) in [7, 11) is 0. The van der Waals surface area contributed by atoms with Crippen LogP contribution in [0.15, 0.2) is 24.3 Å². The van der Waals surface area contributed by atoms with E-state index in [0.717, 1.165) is 12.8 Å². The highest BCUT2D eigenvalue weighted by Gasteiger charge is 2.13. The molecular formula is C14H23N. The van der Waals surface area contributed by atoms with Crippen LogP contribution in [0.25, 0.3) is 0 Å². The van der Waals surface area contributed by atoms with Gasteiger partial charge in [0.25, 0.3) is 0 Å². The van der Waals surface area contributed by atoms with Crippen LogP contribution in [0.3, 0.4) is 0 Å². The summed E-state index contributed by atoms with van der Waals surface area (Å²) in [5, 5.41) is 0. The van der Waals surface area contributed by atoms with Crippen molar-refractivity contribution < 1.29 is 0 Å². The van der Waals surface area contributed by atoms with Gasteiger partial charge in [-0.1, -0.05) is 45.0 Å². The van der Waals surface area contributed by atoms with Gasteiger partial charge in [-0.25, -0.2) is 0 Å². The minimum atomic E-state index is 0.240. The highest BCUT2D eigenvalue weighted by atomic mass is 14.6. The topological polar surface area (TPSA) is 26.0 Å². The molecule has 1 rings (SSSR count). The SMILES string of the molecule is C[C@@H](N)CCc1cccc(C(C)(C)C)c1. The fraction of sp³-hybridized carbons (Fsp3) is 0.571. The highest BCUT2D eigenvalue weighted by Crippen LogP contribution is 2.23. The third-order valence-corrected chi connectivity index (χ3v) is 2.68. The Hall–Kier alpha value is -0.820. The molecule has 0 unspecified atom stereocenters. The predicted octanol–water partition coefficient (Wildman–Crippen LogP) is 3.26. The Labute approximate surface area is 93.7 Å². The first-order valence-corrected chi connectivity index (χ1v) is 5.74. The lowest BCUT2D eigenvalue weighted by atomic mass is 9.86. The largest absolute Gasteiger partial charge is 0.328 e. The first-order chi connectivity index (χ1) is 6.89. The van der Waals surface area contributed by atoms with Crippen molar-refractivity contribution in [3.8, 4) is 0 Å². The number of aryl methyl sites for hydroxylation is 1. The van der Waals surface area contributed by atoms with Crippen LogP contribution >= 0.6 is 0 Å². The van der Waals surface area contributed by atoms with Crippen molar-refractivity contribution in [1.29, 1.82) is 0 Å². The Morgan fingerprint density at radius 1 is 1.27 bits per heavy atom. The molecule has 2 N–H and O–H groups in total. The number of benzene rings is 1. The van der Waals surface area contributed by atoms with Gasteiger partial charge < -0.3 is 5.73 Å². The Morgan fingerprint density at radius 3 is 2.47 bits per heavy atom. The molecule has 1 nitrogen and oxygen atoms in total. The van der Waals surface area contributed by atoms with E-state index in [1.807, 2.05) is 0 Å². The highest BCUT2D eigenvalue weighted by molar-refractivity contribution is 5.28. The lowest BCUT2D eigenvalue weighted by Gasteiger charge is -2.19. The van der Waals surface area contributed by atoms with E-state index in [1.54, 1.807) is 0 Å². The van der Waals surface area contributed by atoms with Gasteiger partial charge in [-0.05, 0) is 36.3 Å². The molecule has 0 heterocycles. The fourth-order valence-corrected chi connectivity index (χ4v) is 1.59. The van der Waals surface area contributed by atoms with Gasteiger partial charge in [0, 0.05) is 6.04 Å². The molecule has 1 aromatic carbocycles. The number of hydrogen-bond acceptors (Lipinski definition) is 1. The summed E-state index contributed by atoms with van der Waals surface area (Å²) in [6.45, 7) is 8.81. The molecule has 1 heteroatoms. The van der Waals surface area contributed by atoms with Crippen LogP contribution in [0, 0.1) is 0 Å². The lowest BCUT2D eigenvalue weighted by molar-refractivity contribution is 0.588. The van der Waals surface area contributed by atoms with E-state index >= 15 is 0 Å². The maximum absolute atomic E-state index is 5.76. The molecule has 0 aliphatic carbocycles. The van der Waals surface area contributed by atoms with Crippen LogP contribution in [-0.2, 0) is 11.8 Å². The van der Waals surface area contributed by atoms with Gasteiger partial charge in [0.15, 0.2) is 0 Å². The Morgan fingerprint density at radius 2 is 1.93 bits per heavy atom. The van der Waals surface area contributed by atoms with Gasteiger partial charge in [0.05, 0.1) is 0 Å². The van der Waals surface area contributed by atoms with Gasteiger partial charge in [0.2, 0.25) is 0 Å². The molecule has 1 aromatic rings. The summed E-state index contributed by atoms with van der Waals surface area (Å²) in [6, 6.07) is 9.15. The number of rotatable bonds is 3. The molecule has 0 fully saturated rings. The van der Waals surface area contributed by atoms with E-state index < -0.39 is 0 Å². The van der Waals surface area contributed by atoms with Crippen LogP contribution in [-0.4, -0.2) is 6.04 Å². The van der Waals surface area contributed by atoms with Crippen molar-refractivity contribution in [2.75, 3.05) is 0 Å². The van der Waals surface area contributed by atoms with Crippen LogP contribution in [0.1, 0.15) is 45.2 Å². The molecule has 15 heavy (non-hydrogen) atoms. The van der Waals surface area contributed by atoms with Crippen molar-refractivity contribution in [2.45, 2.75) is 52.0 Å². The van der Waals surface area contributed by atoms with Crippen LogP contribution in [0.2, 0.25) is 0 Å². The number of hydrogen-bond donors (Lipinski definition) is 1. The quantitative estimate of drug-likeness (QED) is 0.805. The molecule has 84 valence electrons. The van der Waals surface area contributed by atoms with E-state index in [-0.39, 0.29) is 5.41 Å². The Kier molecular flexibility index (Phi) is 3.92. The average molecular weight is 205 g/mol. The summed E-state index contributed by atoms with van der Waals surface area (Å²) in [4.78, 5) is 0. The number of nitrogens with two attached hydrogens (primary N) is 1. The zero-order valence-electron chi connectivity index (χ0n) is 10.4. The van der Waals surface area contributed by atoms with Gasteiger partial charge in [-0.2, -0.15) is 0 Å². The molecule has 0 aromatic heterocycles. The molecule has 0 saturated carbocycles. The Bertz CT molecular complexity index is 307. The average Bonchev–Trinajstić information content (AvgIpc) is 2.14. The predicted molar refractivity (Wildman–Crippen MR) is 67.1 cm³/mol. The summed E-state index contributed by atoms with van der Waals surface area (Å²) >= 11 is 0. The maximum Gasteiger partial charge on any atom is 0.00136 e. The van der Waals surface area contributed by atoms with Crippen LogP contribution in [0.5, 0.6) is 0 Å². The molecule has 0 amide bonds. The van der Waals surface area contributed by atoms with E-state index in [4.69, 9.17) is 5.73 Å². The van der Waals surface area contributed by atoms with Gasteiger partial charge in [-0.3, -0.25) is 0 Å². The zero-order chi connectivity index (χ0) is 11.5. The second-order valence-corrected chi connectivity index (χ2v) is 5.47. The first-order valence-electron chi connectivity index (χ1n) is 5.74.